The number of nitrogens with one attached hydrogen (secondary N) is 2. The molecule has 2 atom stereocenters. The predicted molar refractivity (Wildman–Crippen MR) is 155 cm³/mol. The number of dihydropyridines is 1. The Hall–Kier alpha value is -4.23. The summed E-state index contributed by atoms with van der Waals surface area (Å²) in [6, 6.07) is 20.2. The number of halogens is 1. The Balaban J connectivity index is 1.53. The van der Waals surface area contributed by atoms with E-state index in [1.54, 1.807) is 51.7 Å². The topological polar surface area (TPSA) is 85.9 Å². The van der Waals surface area contributed by atoms with Gasteiger partial charge in [-0.25, -0.2) is 0 Å². The number of hydrogen-bond donors (Lipinski definition) is 2. The molecule has 5 rings (SSSR count). The van der Waals surface area contributed by atoms with Gasteiger partial charge >= 0.3 is 0 Å². The lowest BCUT2D eigenvalue weighted by Gasteiger charge is -2.37. The van der Waals surface area contributed by atoms with E-state index < -0.39 is 5.92 Å². The highest BCUT2D eigenvalue weighted by Crippen LogP contribution is 2.47. The summed E-state index contributed by atoms with van der Waals surface area (Å²) >= 11 is 6.69. The van der Waals surface area contributed by atoms with Crippen LogP contribution in [0, 0.1) is 0 Å². The Labute approximate surface area is 238 Å². The third-order valence-electron chi connectivity index (χ3n) is 7.52. The Kier molecular flexibility index (Phi) is 7.85. The third kappa shape index (κ3) is 5.17. The molecule has 1 amide bonds. The number of allylic oxidation sites excluding steroid dienone is 3. The fourth-order valence-electron chi connectivity index (χ4n) is 5.58. The first-order chi connectivity index (χ1) is 19.3. The second kappa shape index (κ2) is 11.5. The molecule has 0 radical (unpaired) electrons. The van der Waals surface area contributed by atoms with Crippen molar-refractivity contribution in [1.82, 2.24) is 5.32 Å². The molecular formula is C32H31ClN2O5. The Morgan fingerprint density at radius 2 is 1.65 bits per heavy atom. The van der Waals surface area contributed by atoms with Crippen LogP contribution in [0.25, 0.3) is 0 Å². The molecule has 1 aliphatic carbocycles. The number of carbonyl (C=O) groups excluding carboxylic acids is 2. The molecule has 206 valence electrons. The van der Waals surface area contributed by atoms with Gasteiger partial charge < -0.3 is 24.8 Å². The van der Waals surface area contributed by atoms with Crippen molar-refractivity contribution in [2.45, 2.75) is 31.6 Å². The molecule has 7 nitrogen and oxygen atoms in total. The molecular weight excluding hydrogens is 528 g/mol. The molecule has 0 aromatic heterocycles. The number of methoxy groups -OCH3 is 3. The maximum absolute atomic E-state index is 13.9. The number of benzene rings is 3. The molecule has 2 N–H and O–H groups in total. The highest BCUT2D eigenvalue weighted by atomic mass is 35.5. The summed E-state index contributed by atoms with van der Waals surface area (Å²) in [7, 11) is 4.78. The Bertz CT molecular complexity index is 1530. The molecule has 1 aliphatic heterocycles. The quantitative estimate of drug-likeness (QED) is 0.351. The molecule has 1 heterocycles. The van der Waals surface area contributed by atoms with Crippen molar-refractivity contribution in [3.8, 4) is 17.2 Å². The van der Waals surface area contributed by atoms with Crippen LogP contribution in [0.1, 0.15) is 42.7 Å². The standard InChI is InChI=1S/C32H31ClN2O5/c1-18-29(32(37)35-21-10-12-22(38-2)13-11-21)30(23-7-5-6-8-24(23)33)31-25(34-18)15-20(16-26(31)36)19-9-14-27(39-3)28(17-19)40-4/h5-14,17,20,30,34H,15-16H2,1-4H3,(H,35,37)/t20-,30-/m0/s1. The minimum Gasteiger partial charge on any atom is -0.497 e. The van der Waals surface area contributed by atoms with Crippen molar-refractivity contribution in [3.05, 3.63) is 105 Å². The van der Waals surface area contributed by atoms with Crippen LogP contribution in [0.15, 0.2) is 89.3 Å². The van der Waals surface area contributed by atoms with Gasteiger partial charge in [-0.1, -0.05) is 35.9 Å². The van der Waals surface area contributed by atoms with Crippen LogP contribution < -0.4 is 24.8 Å². The zero-order chi connectivity index (χ0) is 28.4. The summed E-state index contributed by atoms with van der Waals surface area (Å²) in [4.78, 5) is 27.7. The van der Waals surface area contributed by atoms with Crippen LogP contribution in [0.4, 0.5) is 5.69 Å². The third-order valence-corrected chi connectivity index (χ3v) is 7.86. The van der Waals surface area contributed by atoms with E-state index in [0.717, 1.165) is 16.8 Å². The molecule has 0 unspecified atom stereocenters. The molecule has 8 heteroatoms. The van der Waals surface area contributed by atoms with Crippen LogP contribution in [0.5, 0.6) is 17.2 Å². The van der Waals surface area contributed by atoms with Gasteiger partial charge in [-0.3, -0.25) is 9.59 Å². The van der Waals surface area contributed by atoms with Crippen molar-refractivity contribution in [3.63, 3.8) is 0 Å². The summed E-state index contributed by atoms with van der Waals surface area (Å²) in [6.45, 7) is 1.86. The van der Waals surface area contributed by atoms with Crippen LogP contribution in [0.3, 0.4) is 0 Å². The lowest BCUT2D eigenvalue weighted by atomic mass is 9.71. The highest BCUT2D eigenvalue weighted by molar-refractivity contribution is 6.31. The Morgan fingerprint density at radius 1 is 0.925 bits per heavy atom. The second-order valence-electron chi connectivity index (χ2n) is 9.84. The number of anilines is 1. The average molecular weight is 559 g/mol. The van der Waals surface area contributed by atoms with E-state index in [4.69, 9.17) is 25.8 Å². The van der Waals surface area contributed by atoms with Gasteiger partial charge in [-0.05, 0) is 72.9 Å². The van der Waals surface area contributed by atoms with Gasteiger partial charge in [0, 0.05) is 45.6 Å². The largest absolute Gasteiger partial charge is 0.497 e. The summed E-state index contributed by atoms with van der Waals surface area (Å²) in [5.41, 5.74) is 4.84. The molecule has 0 bridgehead atoms. The van der Waals surface area contributed by atoms with Gasteiger partial charge in [0.25, 0.3) is 5.91 Å². The summed E-state index contributed by atoms with van der Waals surface area (Å²) in [5, 5.41) is 6.90. The van der Waals surface area contributed by atoms with Crippen LogP contribution in [-0.2, 0) is 9.59 Å². The minimum absolute atomic E-state index is 0.0271. The zero-order valence-corrected chi connectivity index (χ0v) is 23.6. The molecule has 0 saturated heterocycles. The lowest BCUT2D eigenvalue weighted by molar-refractivity contribution is -0.116. The average Bonchev–Trinajstić information content (AvgIpc) is 2.96. The molecule has 3 aromatic carbocycles. The lowest BCUT2D eigenvalue weighted by Crippen LogP contribution is -2.37. The number of hydrogen-bond acceptors (Lipinski definition) is 6. The fraction of sp³-hybridized carbons (Fsp3) is 0.250. The number of ether oxygens (including phenoxy) is 3. The van der Waals surface area contributed by atoms with Crippen molar-refractivity contribution < 1.29 is 23.8 Å². The fourth-order valence-corrected chi connectivity index (χ4v) is 5.82. The first kappa shape index (κ1) is 27.3. The van der Waals surface area contributed by atoms with E-state index in [1.807, 2.05) is 43.3 Å². The molecule has 40 heavy (non-hydrogen) atoms. The number of amides is 1. The number of carbonyl (C=O) groups is 2. The van der Waals surface area contributed by atoms with Gasteiger partial charge in [0.2, 0.25) is 0 Å². The Morgan fingerprint density at radius 3 is 2.33 bits per heavy atom. The van der Waals surface area contributed by atoms with Crippen molar-refractivity contribution in [2.75, 3.05) is 26.6 Å². The maximum Gasteiger partial charge on any atom is 0.254 e. The van der Waals surface area contributed by atoms with Gasteiger partial charge in [0.15, 0.2) is 17.3 Å². The SMILES string of the molecule is COc1ccc(NC(=O)C2=C(C)NC3=C(C(=O)C[C@@H](c4ccc(OC)c(OC)c4)C3)[C@H]2c2ccccc2Cl)cc1. The van der Waals surface area contributed by atoms with E-state index in [2.05, 4.69) is 10.6 Å². The van der Waals surface area contributed by atoms with E-state index in [9.17, 15) is 9.59 Å². The van der Waals surface area contributed by atoms with E-state index >= 15 is 0 Å². The zero-order valence-electron chi connectivity index (χ0n) is 22.8. The predicted octanol–water partition coefficient (Wildman–Crippen LogP) is 6.37. The summed E-state index contributed by atoms with van der Waals surface area (Å²) < 4.78 is 16.1. The van der Waals surface area contributed by atoms with E-state index in [-0.39, 0.29) is 17.6 Å². The van der Waals surface area contributed by atoms with Gasteiger partial charge in [-0.15, -0.1) is 0 Å². The normalized spacial score (nSPS) is 18.6. The van der Waals surface area contributed by atoms with Crippen LogP contribution in [0.2, 0.25) is 5.02 Å². The summed E-state index contributed by atoms with van der Waals surface area (Å²) in [5.74, 6) is 0.936. The molecule has 0 saturated carbocycles. The molecule has 2 aliphatic rings. The van der Waals surface area contributed by atoms with Gasteiger partial charge in [-0.2, -0.15) is 0 Å². The number of Topliss-reactive ketones (excluding diaryl/α,β-unsaturated/α-hetero) is 1. The van der Waals surface area contributed by atoms with Gasteiger partial charge in [0.05, 0.1) is 21.3 Å². The number of rotatable bonds is 7. The smallest absolute Gasteiger partial charge is 0.254 e. The molecule has 0 spiro atoms. The molecule has 0 fully saturated rings. The minimum atomic E-state index is -0.609. The highest BCUT2D eigenvalue weighted by Gasteiger charge is 2.41. The van der Waals surface area contributed by atoms with Crippen molar-refractivity contribution in [2.24, 2.45) is 0 Å². The van der Waals surface area contributed by atoms with Crippen molar-refractivity contribution >= 4 is 29.0 Å². The van der Waals surface area contributed by atoms with Crippen molar-refractivity contribution in [1.29, 1.82) is 0 Å². The molecule has 3 aromatic rings. The monoisotopic (exact) mass is 558 g/mol. The van der Waals surface area contributed by atoms with E-state index in [0.29, 0.717) is 57.6 Å². The first-order valence-electron chi connectivity index (χ1n) is 13.0. The van der Waals surface area contributed by atoms with E-state index in [1.165, 1.54) is 0 Å². The van der Waals surface area contributed by atoms with Crippen LogP contribution in [-0.4, -0.2) is 33.0 Å². The van der Waals surface area contributed by atoms with Gasteiger partial charge in [0.1, 0.15) is 5.75 Å². The van der Waals surface area contributed by atoms with Crippen LogP contribution >= 0.6 is 11.6 Å². The maximum atomic E-state index is 13.9. The number of ketones is 1. The first-order valence-corrected chi connectivity index (χ1v) is 13.4. The summed E-state index contributed by atoms with van der Waals surface area (Å²) in [6.07, 6.45) is 0.894. The second-order valence-corrected chi connectivity index (χ2v) is 10.2.